The zero-order valence-corrected chi connectivity index (χ0v) is 17.4. The van der Waals surface area contributed by atoms with Crippen molar-refractivity contribution in [1.82, 2.24) is 15.0 Å². The van der Waals surface area contributed by atoms with Crippen LogP contribution in [0.2, 0.25) is 0 Å². The number of fused-ring (bicyclic) bond motifs is 3. The van der Waals surface area contributed by atoms with E-state index in [2.05, 4.69) is 24.4 Å². The number of likely N-dealkylation sites (N-methyl/N-ethyl adjacent to an activating group) is 1. The van der Waals surface area contributed by atoms with Crippen LogP contribution in [0.1, 0.15) is 28.7 Å². The van der Waals surface area contributed by atoms with Crippen LogP contribution in [-0.4, -0.2) is 35.6 Å². The van der Waals surface area contributed by atoms with Gasteiger partial charge >= 0.3 is 0 Å². The highest BCUT2D eigenvalue weighted by Gasteiger charge is 2.25. The Balaban J connectivity index is 1.56. The Kier molecular flexibility index (Phi) is 4.77. The van der Waals surface area contributed by atoms with Gasteiger partial charge in [-0.3, -0.25) is 4.98 Å². The van der Waals surface area contributed by atoms with Crippen LogP contribution in [0.25, 0.3) is 21.6 Å². The molecule has 0 saturated carbocycles. The summed E-state index contributed by atoms with van der Waals surface area (Å²) in [5.74, 6) is 2.62. The molecule has 0 spiro atoms. The van der Waals surface area contributed by atoms with Gasteiger partial charge in [-0.05, 0) is 49.1 Å². The molecule has 7 heteroatoms. The minimum Gasteiger partial charge on any atom is -0.463 e. The van der Waals surface area contributed by atoms with Crippen LogP contribution >= 0.6 is 11.3 Å². The van der Waals surface area contributed by atoms with Crippen molar-refractivity contribution in [1.29, 1.82) is 0 Å². The molecule has 0 fully saturated rings. The Bertz CT molecular complexity index is 1120. The quantitative estimate of drug-likeness (QED) is 0.515. The standard InChI is InChI=1S/C22H23N5OS/c1-27(2)16(17-8-5-11-28-17)13-24-21-19-15-7-3-9-18(15)29-22(19)26-20(25-21)14-6-4-10-23-12-14/h4-6,8,10-12,16H,3,7,9,13H2,1-2H3,(H,24,25,26)/p+1/t16-/m1/s1. The summed E-state index contributed by atoms with van der Waals surface area (Å²) >= 11 is 1.81. The lowest BCUT2D eigenvalue weighted by Gasteiger charge is -2.20. The van der Waals surface area contributed by atoms with Gasteiger partial charge < -0.3 is 14.6 Å². The highest BCUT2D eigenvalue weighted by Crippen LogP contribution is 2.40. The maximum absolute atomic E-state index is 5.69. The molecule has 0 aromatic carbocycles. The highest BCUT2D eigenvalue weighted by atomic mass is 32.1. The number of nitrogens with one attached hydrogen (secondary N) is 2. The first-order valence-corrected chi connectivity index (χ1v) is 10.8. The van der Waals surface area contributed by atoms with Crippen molar-refractivity contribution < 1.29 is 9.32 Å². The van der Waals surface area contributed by atoms with E-state index in [-0.39, 0.29) is 6.04 Å². The Morgan fingerprint density at radius 2 is 2.14 bits per heavy atom. The van der Waals surface area contributed by atoms with Crippen molar-refractivity contribution >= 4 is 27.4 Å². The third-order valence-corrected chi connectivity index (χ3v) is 6.73. The molecule has 0 aliphatic heterocycles. The number of hydrogen-bond donors (Lipinski definition) is 2. The zero-order valence-electron chi connectivity index (χ0n) is 16.6. The molecule has 4 aromatic heterocycles. The molecule has 6 nitrogen and oxygen atoms in total. The smallest absolute Gasteiger partial charge is 0.164 e. The number of aromatic nitrogens is 3. The van der Waals surface area contributed by atoms with Gasteiger partial charge in [0.2, 0.25) is 0 Å². The highest BCUT2D eigenvalue weighted by molar-refractivity contribution is 7.19. The average molecular weight is 407 g/mol. The fourth-order valence-electron chi connectivity index (χ4n) is 4.03. The number of aryl methyl sites for hydroxylation is 2. The van der Waals surface area contributed by atoms with Gasteiger partial charge in [-0.25, -0.2) is 9.97 Å². The number of furan rings is 1. The number of quaternary nitrogens is 1. The van der Waals surface area contributed by atoms with Crippen LogP contribution in [-0.2, 0) is 12.8 Å². The fourth-order valence-corrected chi connectivity index (χ4v) is 5.29. The number of nitrogens with zero attached hydrogens (tertiary/aromatic N) is 3. The average Bonchev–Trinajstić information content (AvgIpc) is 3.46. The molecule has 29 heavy (non-hydrogen) atoms. The Morgan fingerprint density at radius 3 is 2.90 bits per heavy atom. The summed E-state index contributed by atoms with van der Waals surface area (Å²) in [5.41, 5.74) is 2.36. The van der Waals surface area contributed by atoms with Gasteiger partial charge in [0, 0.05) is 22.8 Å². The second-order valence-electron chi connectivity index (χ2n) is 7.70. The number of hydrogen-bond acceptors (Lipinski definition) is 6. The van der Waals surface area contributed by atoms with Gasteiger partial charge in [0.15, 0.2) is 17.6 Å². The molecule has 0 saturated heterocycles. The SMILES string of the molecule is C[NH+](C)[C@H](CNc1nc(-c2cccnc2)nc2sc3c(c12)CCC3)c1ccco1. The summed E-state index contributed by atoms with van der Waals surface area (Å²) in [4.78, 5) is 17.9. The number of rotatable bonds is 6. The topological polar surface area (TPSA) is 68.3 Å². The molecule has 1 atom stereocenters. The van der Waals surface area contributed by atoms with E-state index in [0.717, 1.165) is 47.2 Å². The molecule has 4 heterocycles. The fraction of sp³-hybridized carbons (Fsp3) is 0.318. The largest absolute Gasteiger partial charge is 0.463 e. The first-order chi connectivity index (χ1) is 14.2. The summed E-state index contributed by atoms with van der Waals surface area (Å²) in [5, 5.41) is 4.83. The van der Waals surface area contributed by atoms with Gasteiger partial charge in [0.05, 0.1) is 32.3 Å². The lowest BCUT2D eigenvalue weighted by Crippen LogP contribution is -3.06. The normalized spacial score (nSPS) is 14.4. The second-order valence-corrected chi connectivity index (χ2v) is 8.78. The van der Waals surface area contributed by atoms with Gasteiger partial charge in [-0.15, -0.1) is 11.3 Å². The second kappa shape index (κ2) is 7.57. The van der Waals surface area contributed by atoms with Gasteiger partial charge in [-0.1, -0.05) is 0 Å². The maximum Gasteiger partial charge on any atom is 0.164 e. The van der Waals surface area contributed by atoms with Gasteiger partial charge in [-0.2, -0.15) is 0 Å². The van der Waals surface area contributed by atoms with E-state index in [1.54, 1.807) is 12.5 Å². The van der Waals surface area contributed by atoms with Crippen molar-refractivity contribution in [3.8, 4) is 11.4 Å². The number of thiophene rings is 1. The third-order valence-electron chi connectivity index (χ3n) is 5.54. The van der Waals surface area contributed by atoms with Crippen LogP contribution in [0.4, 0.5) is 5.82 Å². The summed E-state index contributed by atoms with van der Waals surface area (Å²) in [6.45, 7) is 0.735. The molecule has 0 bridgehead atoms. The van der Waals surface area contributed by atoms with Crippen LogP contribution in [0, 0.1) is 0 Å². The Hall–Kier alpha value is -2.77. The van der Waals surface area contributed by atoms with E-state index in [1.165, 1.54) is 27.1 Å². The molecule has 0 radical (unpaired) electrons. The van der Waals surface area contributed by atoms with E-state index >= 15 is 0 Å². The third kappa shape index (κ3) is 3.41. The maximum atomic E-state index is 5.69. The summed E-state index contributed by atoms with van der Waals surface area (Å²) < 4.78 is 5.69. The molecule has 4 aromatic rings. The lowest BCUT2D eigenvalue weighted by molar-refractivity contribution is -0.891. The van der Waals surface area contributed by atoms with Gasteiger partial charge in [0.1, 0.15) is 10.6 Å². The summed E-state index contributed by atoms with van der Waals surface area (Å²) in [6.07, 6.45) is 8.81. The predicted octanol–water partition coefficient (Wildman–Crippen LogP) is 3.13. The van der Waals surface area contributed by atoms with E-state index < -0.39 is 0 Å². The Morgan fingerprint density at radius 1 is 1.21 bits per heavy atom. The zero-order chi connectivity index (χ0) is 19.8. The molecule has 5 rings (SSSR count). The predicted molar refractivity (Wildman–Crippen MR) is 115 cm³/mol. The van der Waals surface area contributed by atoms with Crippen molar-refractivity contribution in [2.45, 2.75) is 25.3 Å². The first kappa shape index (κ1) is 18.3. The molecule has 148 valence electrons. The van der Waals surface area contributed by atoms with E-state index in [1.807, 2.05) is 41.8 Å². The van der Waals surface area contributed by atoms with Crippen molar-refractivity contribution in [2.24, 2.45) is 0 Å². The van der Waals surface area contributed by atoms with Crippen LogP contribution < -0.4 is 10.2 Å². The monoisotopic (exact) mass is 406 g/mol. The number of anilines is 1. The lowest BCUT2D eigenvalue weighted by atomic mass is 10.1. The van der Waals surface area contributed by atoms with Crippen LogP contribution in [0.5, 0.6) is 0 Å². The molecule has 1 aliphatic carbocycles. The Labute approximate surface area is 173 Å². The molecule has 1 aliphatic rings. The molecule has 2 N–H and O–H groups in total. The molecule has 0 amide bonds. The number of pyridine rings is 1. The summed E-state index contributed by atoms with van der Waals surface area (Å²) in [6, 6.07) is 8.11. The van der Waals surface area contributed by atoms with Crippen molar-refractivity contribution in [2.75, 3.05) is 26.0 Å². The van der Waals surface area contributed by atoms with Crippen LogP contribution in [0.3, 0.4) is 0 Å². The van der Waals surface area contributed by atoms with Gasteiger partial charge in [0.25, 0.3) is 0 Å². The van der Waals surface area contributed by atoms with E-state index in [0.29, 0.717) is 0 Å². The molecule has 0 unspecified atom stereocenters. The minimum absolute atomic E-state index is 0.198. The van der Waals surface area contributed by atoms with E-state index in [4.69, 9.17) is 14.4 Å². The van der Waals surface area contributed by atoms with E-state index in [9.17, 15) is 0 Å². The molecular formula is C22H24N5OS+. The molecular weight excluding hydrogens is 382 g/mol. The minimum atomic E-state index is 0.198. The first-order valence-electron chi connectivity index (χ1n) is 10.0. The van der Waals surface area contributed by atoms with Crippen LogP contribution in [0.15, 0.2) is 47.3 Å². The van der Waals surface area contributed by atoms with Crippen molar-refractivity contribution in [3.63, 3.8) is 0 Å². The van der Waals surface area contributed by atoms with Crippen molar-refractivity contribution in [3.05, 3.63) is 59.1 Å². The summed E-state index contributed by atoms with van der Waals surface area (Å²) in [7, 11) is 4.29.